The Morgan fingerprint density at radius 2 is 1.76 bits per heavy atom. The Bertz CT molecular complexity index is 299. The van der Waals surface area contributed by atoms with Gasteiger partial charge in [-0.15, -0.1) is 24.8 Å². The van der Waals surface area contributed by atoms with E-state index in [4.69, 9.17) is 0 Å². The number of carbonyl (C=O) groups is 1. The van der Waals surface area contributed by atoms with Crippen LogP contribution in [0.3, 0.4) is 0 Å². The molecule has 0 aromatic heterocycles. The summed E-state index contributed by atoms with van der Waals surface area (Å²) < 4.78 is 0. The predicted octanol–water partition coefficient (Wildman–Crippen LogP) is 2.26. The number of halogens is 2. The molecule has 0 aromatic rings. The highest BCUT2D eigenvalue weighted by Crippen LogP contribution is 2.43. The van der Waals surface area contributed by atoms with Crippen LogP contribution >= 0.6 is 24.8 Å². The molecule has 0 aromatic carbocycles. The van der Waals surface area contributed by atoms with Crippen molar-refractivity contribution in [3.05, 3.63) is 0 Å². The summed E-state index contributed by atoms with van der Waals surface area (Å²) in [5.41, 5.74) is 0.609. The molecule has 1 aliphatic heterocycles. The van der Waals surface area contributed by atoms with Gasteiger partial charge in [0, 0.05) is 12.6 Å². The van der Waals surface area contributed by atoms with Crippen molar-refractivity contribution in [1.82, 2.24) is 16.0 Å². The number of amides is 1. The van der Waals surface area contributed by atoms with Gasteiger partial charge in [-0.3, -0.25) is 4.79 Å². The molecule has 3 N–H and O–H groups in total. The summed E-state index contributed by atoms with van der Waals surface area (Å²) in [4.78, 5) is 11.7. The lowest BCUT2D eigenvalue weighted by Crippen LogP contribution is -2.49. The van der Waals surface area contributed by atoms with Gasteiger partial charge in [0.15, 0.2) is 0 Å². The summed E-state index contributed by atoms with van der Waals surface area (Å²) in [6, 6.07) is 0.463. The quantitative estimate of drug-likeness (QED) is 0.736. The minimum absolute atomic E-state index is 0. The summed E-state index contributed by atoms with van der Waals surface area (Å²) in [5.74, 6) is 0.129. The molecule has 0 radical (unpaired) electrons. The summed E-state index contributed by atoms with van der Waals surface area (Å²) in [5, 5.41) is 9.84. The smallest absolute Gasteiger partial charge is 0.236 e. The van der Waals surface area contributed by atoms with E-state index in [9.17, 15) is 4.79 Å². The molecule has 2 aliphatic rings. The fourth-order valence-electron chi connectivity index (χ4n) is 3.61. The molecule has 126 valence electrons. The number of likely N-dealkylation sites (N-methyl/N-ethyl adjacent to an activating group) is 1. The molecule has 4 nitrogen and oxygen atoms in total. The van der Waals surface area contributed by atoms with Crippen LogP contribution in [0.2, 0.25) is 0 Å². The Balaban J connectivity index is 0.00000200. The highest BCUT2D eigenvalue weighted by Gasteiger charge is 2.36. The molecule has 2 rings (SSSR count). The molecule has 1 spiro atoms. The zero-order chi connectivity index (χ0) is 13.7. The maximum absolute atomic E-state index is 11.7. The summed E-state index contributed by atoms with van der Waals surface area (Å²) in [6.07, 6.45) is 7.79. The zero-order valence-electron chi connectivity index (χ0n) is 13.2. The Kier molecular flexibility index (Phi) is 9.87. The Labute approximate surface area is 141 Å². The van der Waals surface area contributed by atoms with Crippen molar-refractivity contribution >= 4 is 30.7 Å². The number of piperidine rings is 1. The van der Waals surface area contributed by atoms with Crippen molar-refractivity contribution in [2.24, 2.45) is 5.41 Å². The Morgan fingerprint density at radius 3 is 2.29 bits per heavy atom. The lowest BCUT2D eigenvalue weighted by molar-refractivity contribution is -0.122. The second kappa shape index (κ2) is 9.88. The molecule has 1 amide bonds. The highest BCUT2D eigenvalue weighted by molar-refractivity contribution is 5.85. The lowest BCUT2D eigenvalue weighted by atomic mass is 9.67. The minimum atomic E-state index is -0.0629. The molecule has 1 unspecified atom stereocenters. The monoisotopic (exact) mass is 339 g/mol. The summed E-state index contributed by atoms with van der Waals surface area (Å²) in [6.45, 7) is 7.03. The molecule has 0 bridgehead atoms. The van der Waals surface area contributed by atoms with Crippen molar-refractivity contribution in [1.29, 1.82) is 0 Å². The molecule has 6 heteroatoms. The first kappa shape index (κ1) is 21.0. The van der Waals surface area contributed by atoms with Crippen LogP contribution in [0.25, 0.3) is 0 Å². The predicted molar refractivity (Wildman–Crippen MR) is 92.6 cm³/mol. The van der Waals surface area contributed by atoms with Gasteiger partial charge < -0.3 is 16.0 Å². The molecule has 1 saturated heterocycles. The first-order valence-electron chi connectivity index (χ1n) is 7.90. The first-order chi connectivity index (χ1) is 9.15. The van der Waals surface area contributed by atoms with E-state index >= 15 is 0 Å². The van der Waals surface area contributed by atoms with E-state index < -0.39 is 0 Å². The second-order valence-electron chi connectivity index (χ2n) is 6.31. The number of carbonyl (C=O) groups excluding carboxylic acids is 1. The largest absolute Gasteiger partial charge is 0.355 e. The van der Waals surface area contributed by atoms with Crippen LogP contribution in [0.4, 0.5) is 0 Å². The van der Waals surface area contributed by atoms with Crippen LogP contribution in [0, 0.1) is 5.41 Å². The molecule has 21 heavy (non-hydrogen) atoms. The summed E-state index contributed by atoms with van der Waals surface area (Å²) in [7, 11) is 0. The Hall–Kier alpha value is -0.0300. The van der Waals surface area contributed by atoms with Gasteiger partial charge in [-0.05, 0) is 70.9 Å². The van der Waals surface area contributed by atoms with Gasteiger partial charge in [0.2, 0.25) is 5.91 Å². The van der Waals surface area contributed by atoms with Crippen LogP contribution in [-0.2, 0) is 4.79 Å². The number of hydrogen-bond donors (Lipinski definition) is 3. The zero-order valence-corrected chi connectivity index (χ0v) is 14.9. The third-order valence-electron chi connectivity index (χ3n) is 4.94. The fourth-order valence-corrected chi connectivity index (χ4v) is 3.61. The molecule has 2 fully saturated rings. The highest BCUT2D eigenvalue weighted by atomic mass is 35.5. The van der Waals surface area contributed by atoms with E-state index in [1.807, 2.05) is 13.8 Å². The number of rotatable bonds is 4. The average molecular weight is 340 g/mol. The molecular weight excluding hydrogens is 309 g/mol. The van der Waals surface area contributed by atoms with Crippen molar-refractivity contribution in [3.8, 4) is 0 Å². The van der Waals surface area contributed by atoms with Crippen LogP contribution < -0.4 is 16.0 Å². The molecule has 1 saturated carbocycles. The van der Waals surface area contributed by atoms with E-state index in [1.54, 1.807) is 0 Å². The van der Waals surface area contributed by atoms with Gasteiger partial charge in [-0.25, -0.2) is 0 Å². The van der Waals surface area contributed by atoms with Crippen molar-refractivity contribution in [2.75, 3.05) is 19.6 Å². The minimum Gasteiger partial charge on any atom is -0.355 e. The summed E-state index contributed by atoms with van der Waals surface area (Å²) >= 11 is 0. The Morgan fingerprint density at radius 1 is 1.19 bits per heavy atom. The van der Waals surface area contributed by atoms with E-state index in [1.165, 1.54) is 51.6 Å². The van der Waals surface area contributed by atoms with Crippen LogP contribution in [-0.4, -0.2) is 37.6 Å². The van der Waals surface area contributed by atoms with Crippen LogP contribution in [0.15, 0.2) is 0 Å². The number of hydrogen-bond acceptors (Lipinski definition) is 3. The first-order valence-corrected chi connectivity index (χ1v) is 7.90. The normalized spacial score (nSPS) is 22.8. The van der Waals surface area contributed by atoms with Crippen LogP contribution in [0.5, 0.6) is 0 Å². The van der Waals surface area contributed by atoms with Crippen molar-refractivity contribution < 1.29 is 4.79 Å². The maximum Gasteiger partial charge on any atom is 0.236 e. The topological polar surface area (TPSA) is 53.2 Å². The maximum atomic E-state index is 11.7. The van der Waals surface area contributed by atoms with Gasteiger partial charge in [-0.1, -0.05) is 0 Å². The van der Waals surface area contributed by atoms with E-state index in [2.05, 4.69) is 16.0 Å². The fraction of sp³-hybridized carbons (Fsp3) is 0.933. The molecule has 1 heterocycles. The standard InChI is InChI=1S/C15H29N3O.2ClH/c1-3-17-14(19)12(2)18-13-4-6-15(7-5-13)8-10-16-11-9-15;;/h12-13,16,18H,3-11H2,1-2H3,(H,17,19);2*1H. The van der Waals surface area contributed by atoms with E-state index in [-0.39, 0.29) is 36.8 Å². The van der Waals surface area contributed by atoms with Crippen molar-refractivity contribution in [2.45, 2.75) is 64.5 Å². The number of nitrogens with one attached hydrogen (secondary N) is 3. The molecule has 1 atom stereocenters. The van der Waals surface area contributed by atoms with Gasteiger partial charge in [0.1, 0.15) is 0 Å². The van der Waals surface area contributed by atoms with E-state index in [0.29, 0.717) is 18.0 Å². The molecular formula is C15H31Cl2N3O. The second-order valence-corrected chi connectivity index (χ2v) is 6.31. The third-order valence-corrected chi connectivity index (χ3v) is 4.94. The van der Waals surface area contributed by atoms with Gasteiger partial charge in [0.25, 0.3) is 0 Å². The molecule has 1 aliphatic carbocycles. The third kappa shape index (κ3) is 5.93. The van der Waals surface area contributed by atoms with Crippen LogP contribution in [0.1, 0.15) is 52.4 Å². The van der Waals surface area contributed by atoms with Crippen molar-refractivity contribution in [3.63, 3.8) is 0 Å². The average Bonchev–Trinajstić information content (AvgIpc) is 2.43. The van der Waals surface area contributed by atoms with Gasteiger partial charge >= 0.3 is 0 Å². The lowest BCUT2D eigenvalue weighted by Gasteiger charge is -2.43. The SMILES string of the molecule is CCNC(=O)C(C)NC1CCC2(CCNCC2)CC1.Cl.Cl. The van der Waals surface area contributed by atoms with Gasteiger partial charge in [0.05, 0.1) is 6.04 Å². The van der Waals surface area contributed by atoms with Gasteiger partial charge in [-0.2, -0.15) is 0 Å². The van der Waals surface area contributed by atoms with E-state index in [0.717, 1.165) is 0 Å².